The highest BCUT2D eigenvalue weighted by Gasteiger charge is 2.09. The van der Waals surface area contributed by atoms with Gasteiger partial charge >= 0.3 is 0 Å². The molecule has 0 aliphatic rings. The number of nitrogens with one attached hydrogen (secondary N) is 2. The number of rotatable bonds is 6. The topological polar surface area (TPSA) is 70.6 Å². The molecule has 0 fully saturated rings. The molecule has 0 aliphatic heterocycles. The van der Waals surface area contributed by atoms with Gasteiger partial charge in [-0.2, -0.15) is 5.10 Å². The van der Waals surface area contributed by atoms with Crippen molar-refractivity contribution in [2.45, 2.75) is 40.0 Å². The Morgan fingerprint density at radius 2 is 1.90 bits per heavy atom. The molecular formula is C15H20ClN3O2. The zero-order valence-electron chi connectivity index (χ0n) is 12.5. The molecule has 0 unspecified atom stereocenters. The molecule has 0 radical (unpaired) electrons. The van der Waals surface area contributed by atoms with Crippen molar-refractivity contribution < 1.29 is 9.59 Å². The van der Waals surface area contributed by atoms with Crippen LogP contribution in [0, 0.1) is 6.92 Å². The molecule has 0 bridgehead atoms. The van der Waals surface area contributed by atoms with Crippen LogP contribution in [-0.4, -0.2) is 17.5 Å². The normalized spacial score (nSPS) is 11.1. The van der Waals surface area contributed by atoms with Gasteiger partial charge in [0.1, 0.15) is 0 Å². The average Bonchev–Trinajstić information content (AvgIpc) is 2.47. The van der Waals surface area contributed by atoms with Gasteiger partial charge in [-0.25, -0.2) is 5.43 Å². The van der Waals surface area contributed by atoms with Gasteiger partial charge in [-0.15, -0.1) is 0 Å². The minimum absolute atomic E-state index is 0.0892. The summed E-state index contributed by atoms with van der Waals surface area (Å²) in [6.45, 7) is 5.60. The van der Waals surface area contributed by atoms with Gasteiger partial charge in [0.15, 0.2) is 0 Å². The quantitative estimate of drug-likeness (QED) is 0.625. The Labute approximate surface area is 129 Å². The van der Waals surface area contributed by atoms with Crippen LogP contribution < -0.4 is 10.7 Å². The van der Waals surface area contributed by atoms with Crippen LogP contribution in [-0.2, 0) is 9.59 Å². The Bertz CT molecular complexity index is 556. The molecule has 1 aromatic rings. The molecule has 114 valence electrons. The van der Waals surface area contributed by atoms with Crippen LogP contribution in [0.5, 0.6) is 0 Å². The lowest BCUT2D eigenvalue weighted by Gasteiger charge is -2.09. The number of hydrogen-bond acceptors (Lipinski definition) is 3. The second kappa shape index (κ2) is 8.42. The van der Waals surface area contributed by atoms with Gasteiger partial charge in [-0.3, -0.25) is 9.59 Å². The van der Waals surface area contributed by atoms with Gasteiger partial charge in [0, 0.05) is 29.3 Å². The maximum Gasteiger partial charge on any atom is 0.240 e. The Morgan fingerprint density at radius 1 is 1.24 bits per heavy atom. The highest BCUT2D eigenvalue weighted by Crippen LogP contribution is 2.22. The largest absolute Gasteiger partial charge is 0.326 e. The van der Waals surface area contributed by atoms with E-state index in [-0.39, 0.29) is 24.7 Å². The maximum atomic E-state index is 11.8. The maximum absolute atomic E-state index is 11.8. The van der Waals surface area contributed by atoms with E-state index in [1.165, 1.54) is 0 Å². The van der Waals surface area contributed by atoms with Crippen molar-refractivity contribution in [2.75, 3.05) is 5.32 Å². The summed E-state index contributed by atoms with van der Waals surface area (Å²) < 4.78 is 0. The van der Waals surface area contributed by atoms with Gasteiger partial charge in [0.25, 0.3) is 0 Å². The van der Waals surface area contributed by atoms with Crippen molar-refractivity contribution in [3.8, 4) is 0 Å². The number of nitrogens with zero attached hydrogens (tertiary/aromatic N) is 1. The molecule has 2 N–H and O–H groups in total. The highest BCUT2D eigenvalue weighted by molar-refractivity contribution is 6.31. The van der Waals surface area contributed by atoms with E-state index >= 15 is 0 Å². The monoisotopic (exact) mass is 309 g/mol. The number of amides is 2. The summed E-state index contributed by atoms with van der Waals surface area (Å²) in [6.07, 6.45) is 0.958. The van der Waals surface area contributed by atoms with Crippen molar-refractivity contribution >= 4 is 34.8 Å². The first-order chi connectivity index (χ1) is 9.93. The number of halogens is 1. The van der Waals surface area contributed by atoms with Crippen LogP contribution in [0.25, 0.3) is 0 Å². The van der Waals surface area contributed by atoms with E-state index in [1.807, 2.05) is 20.8 Å². The predicted molar refractivity (Wildman–Crippen MR) is 85.6 cm³/mol. The van der Waals surface area contributed by atoms with Crippen LogP contribution >= 0.6 is 11.6 Å². The standard InChI is InChI=1S/C15H20ClN3O2/c1-4-10(2)18-19-15(21)9-8-14(20)17-13-7-5-6-12(16)11(13)3/h5-7H,4,8-9H2,1-3H3,(H,17,20)(H,19,21)/b18-10-. The van der Waals surface area contributed by atoms with Crippen molar-refractivity contribution in [3.05, 3.63) is 28.8 Å². The minimum Gasteiger partial charge on any atom is -0.326 e. The number of carbonyl (C=O) groups is 2. The van der Waals surface area contributed by atoms with Gasteiger partial charge < -0.3 is 5.32 Å². The molecule has 0 heterocycles. The van der Waals surface area contributed by atoms with Crippen molar-refractivity contribution in [2.24, 2.45) is 5.10 Å². The smallest absolute Gasteiger partial charge is 0.240 e. The van der Waals surface area contributed by atoms with E-state index in [1.54, 1.807) is 18.2 Å². The molecule has 0 saturated carbocycles. The number of hydrogen-bond donors (Lipinski definition) is 2. The zero-order valence-corrected chi connectivity index (χ0v) is 13.3. The summed E-state index contributed by atoms with van der Waals surface area (Å²) in [5, 5.41) is 7.23. The van der Waals surface area contributed by atoms with Crippen LogP contribution in [0.3, 0.4) is 0 Å². The fourth-order valence-corrected chi connectivity index (χ4v) is 1.65. The van der Waals surface area contributed by atoms with Gasteiger partial charge in [0.2, 0.25) is 11.8 Å². The first kappa shape index (κ1) is 17.2. The van der Waals surface area contributed by atoms with Crippen molar-refractivity contribution in [1.82, 2.24) is 5.43 Å². The Hall–Kier alpha value is -1.88. The number of carbonyl (C=O) groups excluding carboxylic acids is 2. The molecule has 5 nitrogen and oxygen atoms in total. The highest BCUT2D eigenvalue weighted by atomic mass is 35.5. The molecule has 6 heteroatoms. The van der Waals surface area contributed by atoms with E-state index in [9.17, 15) is 9.59 Å². The van der Waals surface area contributed by atoms with Crippen LogP contribution in [0.2, 0.25) is 5.02 Å². The van der Waals surface area contributed by atoms with Gasteiger partial charge in [0.05, 0.1) is 0 Å². The third kappa shape index (κ3) is 5.95. The lowest BCUT2D eigenvalue weighted by Crippen LogP contribution is -2.21. The third-order valence-corrected chi connectivity index (χ3v) is 3.41. The molecular weight excluding hydrogens is 290 g/mol. The molecule has 1 aromatic carbocycles. The third-order valence-electron chi connectivity index (χ3n) is 3.00. The Morgan fingerprint density at radius 3 is 2.57 bits per heavy atom. The Kier molecular flexibility index (Phi) is 6.88. The fraction of sp³-hybridized carbons (Fsp3) is 0.400. The SMILES string of the molecule is CC/C(C)=N\NC(=O)CCC(=O)Nc1cccc(Cl)c1C. The lowest BCUT2D eigenvalue weighted by atomic mass is 10.2. The van der Waals surface area contributed by atoms with Crippen LogP contribution in [0.1, 0.15) is 38.7 Å². The number of hydrazone groups is 1. The van der Waals surface area contributed by atoms with Crippen molar-refractivity contribution in [1.29, 1.82) is 0 Å². The number of benzene rings is 1. The molecule has 0 saturated heterocycles. The minimum atomic E-state index is -0.277. The van der Waals surface area contributed by atoms with Crippen LogP contribution in [0.4, 0.5) is 5.69 Å². The van der Waals surface area contributed by atoms with E-state index in [0.717, 1.165) is 17.7 Å². The Balaban J connectivity index is 2.44. The molecule has 1 rings (SSSR count). The summed E-state index contributed by atoms with van der Waals surface area (Å²) >= 11 is 5.98. The van der Waals surface area contributed by atoms with Gasteiger partial charge in [-0.05, 0) is 38.0 Å². The summed E-state index contributed by atoms with van der Waals surface area (Å²) in [7, 11) is 0. The molecule has 0 aliphatic carbocycles. The predicted octanol–water partition coefficient (Wildman–Crippen LogP) is 3.27. The van der Waals surface area contributed by atoms with Gasteiger partial charge in [-0.1, -0.05) is 24.6 Å². The second-order valence-electron chi connectivity index (χ2n) is 4.70. The average molecular weight is 310 g/mol. The lowest BCUT2D eigenvalue weighted by molar-refractivity contribution is -0.124. The number of anilines is 1. The molecule has 2 amide bonds. The first-order valence-electron chi connectivity index (χ1n) is 6.81. The van der Waals surface area contributed by atoms with E-state index in [0.29, 0.717) is 10.7 Å². The molecule has 21 heavy (non-hydrogen) atoms. The fourth-order valence-electron chi connectivity index (χ4n) is 1.48. The zero-order chi connectivity index (χ0) is 15.8. The summed E-state index contributed by atoms with van der Waals surface area (Å²) in [4.78, 5) is 23.3. The van der Waals surface area contributed by atoms with Crippen molar-refractivity contribution in [3.63, 3.8) is 0 Å². The van der Waals surface area contributed by atoms with Crippen LogP contribution in [0.15, 0.2) is 23.3 Å². The van der Waals surface area contributed by atoms with E-state index in [4.69, 9.17) is 11.6 Å². The second-order valence-corrected chi connectivity index (χ2v) is 5.10. The summed E-state index contributed by atoms with van der Waals surface area (Å²) in [5.41, 5.74) is 4.72. The first-order valence-corrected chi connectivity index (χ1v) is 7.18. The van der Waals surface area contributed by atoms with E-state index in [2.05, 4.69) is 15.8 Å². The molecule has 0 atom stereocenters. The molecule has 0 spiro atoms. The summed E-state index contributed by atoms with van der Waals surface area (Å²) in [6, 6.07) is 5.29. The summed E-state index contributed by atoms with van der Waals surface area (Å²) in [5.74, 6) is -0.507. The van der Waals surface area contributed by atoms with E-state index < -0.39 is 0 Å². The molecule has 0 aromatic heterocycles.